The molecule has 1 heterocycles. The number of amides is 2. The van der Waals surface area contributed by atoms with E-state index in [1.807, 2.05) is 13.0 Å². The first-order valence-electron chi connectivity index (χ1n) is 11.3. The van der Waals surface area contributed by atoms with Gasteiger partial charge in [0.05, 0.1) is 11.8 Å². The summed E-state index contributed by atoms with van der Waals surface area (Å²) in [6.45, 7) is 3.90. The van der Waals surface area contributed by atoms with E-state index in [0.717, 1.165) is 5.57 Å². The van der Waals surface area contributed by atoms with Crippen LogP contribution in [0.25, 0.3) is 0 Å². The fourth-order valence-electron chi connectivity index (χ4n) is 5.98. The van der Waals surface area contributed by atoms with E-state index in [4.69, 9.17) is 11.6 Å². The minimum absolute atomic E-state index is 0.0335. The first kappa shape index (κ1) is 21.8. The van der Waals surface area contributed by atoms with Gasteiger partial charge in [0.1, 0.15) is 5.75 Å². The number of ketones is 2. The number of fused-ring (bicyclic) bond motifs is 3. The molecule has 0 bridgehead atoms. The Morgan fingerprint density at radius 1 is 1.12 bits per heavy atom. The van der Waals surface area contributed by atoms with Crippen molar-refractivity contribution in [3.05, 3.63) is 63.2 Å². The largest absolute Gasteiger partial charge is 0.508 e. The van der Waals surface area contributed by atoms with Crippen LogP contribution >= 0.6 is 11.6 Å². The SMILES string of the molecule is CCCN1C(=O)C2CC=C3C(c4cc(Cl)ccc4O)C4=C(CC3C2C1=O)C(=O)C=C(C)C4=O. The summed E-state index contributed by atoms with van der Waals surface area (Å²) < 4.78 is 0. The van der Waals surface area contributed by atoms with Gasteiger partial charge in [0.15, 0.2) is 11.6 Å². The Balaban J connectivity index is 1.70. The van der Waals surface area contributed by atoms with Gasteiger partial charge in [-0.15, -0.1) is 0 Å². The van der Waals surface area contributed by atoms with E-state index in [1.165, 1.54) is 17.0 Å². The number of hydrogen-bond acceptors (Lipinski definition) is 5. The molecule has 5 rings (SSSR count). The fraction of sp³-hybridized carbons (Fsp3) is 0.385. The number of aromatic hydroxyl groups is 1. The summed E-state index contributed by atoms with van der Waals surface area (Å²) in [7, 11) is 0. The average Bonchev–Trinajstić information content (AvgIpc) is 3.03. The van der Waals surface area contributed by atoms with Crippen LogP contribution in [0.15, 0.2) is 52.6 Å². The number of rotatable bonds is 3. The minimum atomic E-state index is -0.693. The highest BCUT2D eigenvalue weighted by atomic mass is 35.5. The van der Waals surface area contributed by atoms with Crippen molar-refractivity contribution >= 4 is 35.0 Å². The molecule has 6 nitrogen and oxygen atoms in total. The van der Waals surface area contributed by atoms with Crippen LogP contribution in [0, 0.1) is 17.8 Å². The second kappa shape index (κ2) is 7.80. The molecule has 3 aliphatic carbocycles. The summed E-state index contributed by atoms with van der Waals surface area (Å²) in [6.07, 6.45) is 4.57. The number of hydrogen-bond donors (Lipinski definition) is 1. The monoisotopic (exact) mass is 465 g/mol. The normalized spacial score (nSPS) is 29.0. The van der Waals surface area contributed by atoms with E-state index in [1.54, 1.807) is 19.1 Å². The summed E-state index contributed by atoms with van der Waals surface area (Å²) in [5.41, 5.74) is 2.30. The molecule has 1 saturated heterocycles. The van der Waals surface area contributed by atoms with Gasteiger partial charge in [0.25, 0.3) is 0 Å². The highest BCUT2D eigenvalue weighted by molar-refractivity contribution is 6.30. The van der Waals surface area contributed by atoms with Crippen molar-refractivity contribution in [1.29, 1.82) is 0 Å². The molecule has 2 amide bonds. The van der Waals surface area contributed by atoms with Crippen molar-refractivity contribution in [2.24, 2.45) is 17.8 Å². The van der Waals surface area contributed by atoms with Gasteiger partial charge in [0.2, 0.25) is 11.8 Å². The van der Waals surface area contributed by atoms with Gasteiger partial charge in [-0.3, -0.25) is 24.1 Å². The molecular weight excluding hydrogens is 442 g/mol. The zero-order valence-corrected chi connectivity index (χ0v) is 19.2. The molecule has 0 saturated carbocycles. The predicted molar refractivity (Wildman–Crippen MR) is 121 cm³/mol. The third-order valence-electron chi connectivity index (χ3n) is 7.40. The molecule has 170 valence electrons. The van der Waals surface area contributed by atoms with Gasteiger partial charge in [0, 0.05) is 39.8 Å². The van der Waals surface area contributed by atoms with Gasteiger partial charge in [-0.05, 0) is 56.4 Å². The average molecular weight is 466 g/mol. The lowest BCUT2D eigenvalue weighted by molar-refractivity contribution is -0.140. The number of phenols is 1. The van der Waals surface area contributed by atoms with Crippen molar-refractivity contribution in [3.63, 3.8) is 0 Å². The molecule has 0 radical (unpaired) electrons. The molecule has 1 aromatic carbocycles. The first-order chi connectivity index (χ1) is 15.7. The number of benzene rings is 1. The van der Waals surface area contributed by atoms with Crippen molar-refractivity contribution in [1.82, 2.24) is 4.90 Å². The number of likely N-dealkylation sites (tertiary alicyclic amines) is 1. The Labute approximate surface area is 196 Å². The van der Waals surface area contributed by atoms with Crippen molar-refractivity contribution in [2.75, 3.05) is 6.54 Å². The summed E-state index contributed by atoms with van der Waals surface area (Å²) in [5, 5.41) is 11.1. The van der Waals surface area contributed by atoms with E-state index in [0.29, 0.717) is 46.7 Å². The Hall–Kier alpha value is -2.99. The first-order valence-corrected chi connectivity index (χ1v) is 11.7. The van der Waals surface area contributed by atoms with E-state index in [-0.39, 0.29) is 35.6 Å². The third kappa shape index (κ3) is 3.15. The molecular formula is C26H24ClNO5. The smallest absolute Gasteiger partial charge is 0.233 e. The molecule has 0 spiro atoms. The van der Waals surface area contributed by atoms with Crippen LogP contribution in [0.2, 0.25) is 5.02 Å². The standard InChI is InChI=1S/C26H24ClNO5/c1-3-8-28-25(32)15-6-5-14-16(22(15)26(28)33)11-18-20(30)9-12(2)24(31)23(18)21(14)17-10-13(27)4-7-19(17)29/h4-5,7,9-10,15-16,21-22,29H,3,6,8,11H2,1-2H3. The van der Waals surface area contributed by atoms with Gasteiger partial charge < -0.3 is 5.11 Å². The van der Waals surface area contributed by atoms with E-state index < -0.39 is 23.7 Å². The van der Waals surface area contributed by atoms with Crippen molar-refractivity contribution < 1.29 is 24.3 Å². The number of nitrogens with zero attached hydrogens (tertiary/aromatic N) is 1. The van der Waals surface area contributed by atoms with Gasteiger partial charge in [-0.25, -0.2) is 0 Å². The van der Waals surface area contributed by atoms with Gasteiger partial charge >= 0.3 is 0 Å². The molecule has 7 heteroatoms. The van der Waals surface area contributed by atoms with Crippen LogP contribution < -0.4 is 0 Å². The second-order valence-electron chi connectivity index (χ2n) is 9.26. The Kier molecular flexibility index (Phi) is 5.16. The molecule has 1 N–H and O–H groups in total. The van der Waals surface area contributed by atoms with Crippen LogP contribution in [0.3, 0.4) is 0 Å². The highest BCUT2D eigenvalue weighted by Gasteiger charge is 2.56. The maximum atomic E-state index is 13.3. The fourth-order valence-corrected chi connectivity index (χ4v) is 6.16. The summed E-state index contributed by atoms with van der Waals surface area (Å²) in [4.78, 5) is 54.0. The molecule has 1 aromatic rings. The molecule has 1 aliphatic heterocycles. The summed E-state index contributed by atoms with van der Waals surface area (Å²) >= 11 is 6.25. The number of carbonyl (C=O) groups excluding carboxylic acids is 4. The van der Waals surface area contributed by atoms with Crippen molar-refractivity contribution in [2.45, 2.75) is 39.0 Å². The minimum Gasteiger partial charge on any atom is -0.508 e. The Morgan fingerprint density at radius 3 is 2.61 bits per heavy atom. The zero-order chi connectivity index (χ0) is 23.6. The van der Waals surface area contributed by atoms with Crippen LogP contribution in [0.5, 0.6) is 5.75 Å². The predicted octanol–water partition coefficient (Wildman–Crippen LogP) is 3.89. The third-order valence-corrected chi connectivity index (χ3v) is 7.64. The maximum Gasteiger partial charge on any atom is 0.233 e. The molecule has 0 aromatic heterocycles. The van der Waals surface area contributed by atoms with Gasteiger partial charge in [-0.1, -0.05) is 30.2 Å². The quantitative estimate of drug-likeness (QED) is 0.415. The molecule has 4 atom stereocenters. The molecule has 33 heavy (non-hydrogen) atoms. The van der Waals surface area contributed by atoms with Crippen molar-refractivity contribution in [3.8, 4) is 5.75 Å². The van der Waals surface area contributed by atoms with Crippen LogP contribution in [-0.2, 0) is 19.2 Å². The lowest BCUT2D eigenvalue weighted by Gasteiger charge is -2.42. The lowest BCUT2D eigenvalue weighted by Crippen LogP contribution is -2.39. The van der Waals surface area contributed by atoms with Crippen LogP contribution in [0.4, 0.5) is 0 Å². The maximum absolute atomic E-state index is 13.3. The van der Waals surface area contributed by atoms with E-state index in [2.05, 4.69) is 0 Å². The van der Waals surface area contributed by atoms with Crippen LogP contribution in [-0.4, -0.2) is 39.9 Å². The number of halogens is 1. The summed E-state index contributed by atoms with van der Waals surface area (Å²) in [5.74, 6) is -3.01. The zero-order valence-electron chi connectivity index (χ0n) is 18.4. The van der Waals surface area contributed by atoms with E-state index in [9.17, 15) is 24.3 Å². The van der Waals surface area contributed by atoms with Gasteiger partial charge in [-0.2, -0.15) is 0 Å². The molecule has 4 aliphatic rings. The number of allylic oxidation sites excluding steroid dienone is 6. The Morgan fingerprint density at radius 2 is 1.88 bits per heavy atom. The summed E-state index contributed by atoms with van der Waals surface area (Å²) in [6, 6.07) is 4.64. The molecule has 1 fully saturated rings. The van der Waals surface area contributed by atoms with E-state index >= 15 is 0 Å². The topological polar surface area (TPSA) is 91.8 Å². The Bertz CT molecular complexity index is 1220. The second-order valence-corrected chi connectivity index (χ2v) is 9.70. The number of phenolic OH excluding ortho intramolecular Hbond substituents is 1. The highest BCUT2D eigenvalue weighted by Crippen LogP contribution is 2.56. The number of imide groups is 1. The molecule has 4 unspecified atom stereocenters. The lowest BCUT2D eigenvalue weighted by atomic mass is 9.59. The number of carbonyl (C=O) groups is 4. The van der Waals surface area contributed by atoms with Crippen LogP contribution in [0.1, 0.15) is 44.6 Å². The number of Topliss-reactive ketones (excluding diaryl/α,β-unsaturated/α-hetero) is 1.